The van der Waals surface area contributed by atoms with Crippen LogP contribution < -0.4 is 14.8 Å². The summed E-state index contributed by atoms with van der Waals surface area (Å²) in [7, 11) is 3.18. The molecule has 180 valence electrons. The van der Waals surface area contributed by atoms with E-state index < -0.39 is 0 Å². The van der Waals surface area contributed by atoms with Gasteiger partial charge in [-0.05, 0) is 48.4 Å². The number of nitrogens with zero attached hydrogens (tertiary/aromatic N) is 3. The minimum Gasteiger partial charge on any atom is -0.493 e. The summed E-state index contributed by atoms with van der Waals surface area (Å²) in [6, 6.07) is 18.2. The first kappa shape index (κ1) is 23.9. The number of hydrazone groups is 1. The highest BCUT2D eigenvalue weighted by Gasteiger charge is 2.30. The molecule has 1 aromatic heterocycles. The number of pyridine rings is 1. The lowest BCUT2D eigenvalue weighted by Crippen LogP contribution is -2.37. The van der Waals surface area contributed by atoms with Gasteiger partial charge >= 0.3 is 0 Å². The van der Waals surface area contributed by atoms with Gasteiger partial charge in [-0.2, -0.15) is 5.10 Å². The van der Waals surface area contributed by atoms with E-state index in [-0.39, 0.29) is 24.3 Å². The summed E-state index contributed by atoms with van der Waals surface area (Å²) in [6.07, 6.45) is 2.71. The van der Waals surface area contributed by atoms with Crippen LogP contribution in [0.15, 0.2) is 72.0 Å². The van der Waals surface area contributed by atoms with Gasteiger partial charge in [0.1, 0.15) is 5.69 Å². The Morgan fingerprint density at radius 1 is 1.06 bits per heavy atom. The molecule has 0 radical (unpaired) electrons. The van der Waals surface area contributed by atoms with Crippen molar-refractivity contribution in [2.45, 2.75) is 26.3 Å². The highest BCUT2D eigenvalue weighted by atomic mass is 16.5. The summed E-state index contributed by atoms with van der Waals surface area (Å²) < 4.78 is 10.8. The normalized spacial score (nSPS) is 15.4. The molecule has 0 bridgehead atoms. The molecule has 0 saturated carbocycles. The lowest BCUT2D eigenvalue weighted by atomic mass is 9.89. The first-order valence-corrected chi connectivity index (χ1v) is 11.5. The number of hydrogen-bond acceptors (Lipinski definition) is 6. The van der Waals surface area contributed by atoms with Crippen molar-refractivity contribution in [3.8, 4) is 11.5 Å². The molecule has 0 fully saturated rings. The number of anilines is 1. The molecule has 1 N–H and O–H groups in total. The van der Waals surface area contributed by atoms with Gasteiger partial charge in [0.2, 0.25) is 5.91 Å². The first-order chi connectivity index (χ1) is 17.0. The van der Waals surface area contributed by atoms with Crippen molar-refractivity contribution in [2.75, 3.05) is 19.5 Å². The number of hydrogen-bond donors (Lipinski definition) is 1. The van der Waals surface area contributed by atoms with Crippen LogP contribution >= 0.6 is 0 Å². The van der Waals surface area contributed by atoms with E-state index in [1.54, 1.807) is 44.7 Å². The first-order valence-electron chi connectivity index (χ1n) is 11.5. The monoisotopic (exact) mass is 472 g/mol. The summed E-state index contributed by atoms with van der Waals surface area (Å²) in [5, 5.41) is 9.15. The highest BCUT2D eigenvalue weighted by molar-refractivity contribution is 6.06. The Kier molecular flexibility index (Phi) is 7.40. The van der Waals surface area contributed by atoms with E-state index in [9.17, 15) is 9.59 Å². The van der Waals surface area contributed by atoms with Crippen LogP contribution in [0.4, 0.5) is 5.69 Å². The molecular formula is C27H28N4O4. The molecule has 2 amide bonds. The molecule has 2 heterocycles. The number of rotatable bonds is 8. The Morgan fingerprint density at radius 2 is 1.83 bits per heavy atom. The van der Waals surface area contributed by atoms with Crippen molar-refractivity contribution in [1.29, 1.82) is 0 Å². The minimum atomic E-state index is -0.316. The summed E-state index contributed by atoms with van der Waals surface area (Å²) in [5.41, 5.74) is 3.40. The van der Waals surface area contributed by atoms with Gasteiger partial charge in [-0.15, -0.1) is 0 Å². The Bertz CT molecular complexity index is 1240. The molecule has 0 spiro atoms. The number of aromatic nitrogens is 1. The number of para-hydroxylation sites is 1. The van der Waals surface area contributed by atoms with Gasteiger partial charge in [0.05, 0.1) is 26.5 Å². The molecule has 2 aromatic carbocycles. The van der Waals surface area contributed by atoms with Crippen LogP contribution in [0.2, 0.25) is 0 Å². The molecule has 3 aromatic rings. The lowest BCUT2D eigenvalue weighted by molar-refractivity contribution is -0.133. The summed E-state index contributed by atoms with van der Waals surface area (Å²) >= 11 is 0. The maximum atomic E-state index is 13.0. The van der Waals surface area contributed by atoms with E-state index in [1.165, 1.54) is 5.01 Å². The van der Waals surface area contributed by atoms with Crippen LogP contribution in [0, 0.1) is 5.92 Å². The van der Waals surface area contributed by atoms with Crippen molar-refractivity contribution in [3.63, 3.8) is 0 Å². The number of benzene rings is 2. The van der Waals surface area contributed by atoms with E-state index in [2.05, 4.69) is 10.3 Å². The second-order valence-corrected chi connectivity index (χ2v) is 8.14. The Hall–Kier alpha value is -4.20. The van der Waals surface area contributed by atoms with E-state index in [0.29, 0.717) is 29.3 Å². The highest BCUT2D eigenvalue weighted by Crippen LogP contribution is 2.32. The topological polar surface area (TPSA) is 93.1 Å². The molecule has 35 heavy (non-hydrogen) atoms. The molecule has 1 aliphatic heterocycles. The Balaban J connectivity index is 1.63. The number of methoxy groups -OCH3 is 2. The molecular weight excluding hydrogens is 444 g/mol. The quantitative estimate of drug-likeness (QED) is 0.521. The maximum absolute atomic E-state index is 13.0. The van der Waals surface area contributed by atoms with Gasteiger partial charge in [-0.1, -0.05) is 31.2 Å². The summed E-state index contributed by atoms with van der Waals surface area (Å²) in [6.45, 7) is 2.27. The number of nitrogens with one attached hydrogen (secondary N) is 1. The molecule has 8 nitrogen and oxygen atoms in total. The average molecular weight is 473 g/mol. The van der Waals surface area contributed by atoms with Crippen molar-refractivity contribution >= 4 is 23.2 Å². The second-order valence-electron chi connectivity index (χ2n) is 8.14. The van der Waals surface area contributed by atoms with E-state index in [0.717, 1.165) is 23.3 Å². The largest absolute Gasteiger partial charge is 0.493 e. The van der Waals surface area contributed by atoms with E-state index in [4.69, 9.17) is 14.6 Å². The summed E-state index contributed by atoms with van der Waals surface area (Å²) in [5.74, 6) is 0.853. The molecule has 1 atom stereocenters. The van der Waals surface area contributed by atoms with Gasteiger partial charge in [-0.25, -0.2) is 5.01 Å². The number of carbonyl (C=O) groups excluding carboxylic acids is 2. The fourth-order valence-electron chi connectivity index (χ4n) is 4.06. The van der Waals surface area contributed by atoms with Crippen LogP contribution in [-0.4, -0.2) is 41.7 Å². The van der Waals surface area contributed by atoms with Gasteiger partial charge in [0.15, 0.2) is 11.5 Å². The zero-order chi connectivity index (χ0) is 24.8. The maximum Gasteiger partial charge on any atom is 0.274 e. The SMILES string of the molecule is CCC1CC(=O)N(Cc2ccccc2NC(=O)c2ccccn2)N=C1c1ccc(OC)c(OC)c1. The fraction of sp³-hybridized carbons (Fsp3) is 0.259. The molecule has 1 aliphatic rings. The molecule has 0 aliphatic carbocycles. The Morgan fingerprint density at radius 3 is 2.54 bits per heavy atom. The summed E-state index contributed by atoms with van der Waals surface area (Å²) in [4.78, 5) is 29.8. The standard InChI is InChI=1S/C27H28N4O4/c1-4-18-16-25(32)31(30-26(18)19-12-13-23(34-2)24(15-19)35-3)17-20-9-5-6-10-21(20)29-27(33)22-11-7-8-14-28-22/h5-15,18H,4,16-17H2,1-3H3,(H,29,33). The zero-order valence-electron chi connectivity index (χ0n) is 20.0. The predicted molar refractivity (Wildman–Crippen MR) is 134 cm³/mol. The molecule has 1 unspecified atom stereocenters. The van der Waals surface area contributed by atoms with E-state index in [1.807, 2.05) is 43.3 Å². The molecule has 4 rings (SSSR count). The third kappa shape index (κ3) is 5.32. The van der Waals surface area contributed by atoms with Gasteiger partial charge in [0, 0.05) is 29.8 Å². The molecule has 8 heteroatoms. The van der Waals surface area contributed by atoms with Crippen molar-refractivity contribution in [3.05, 3.63) is 83.7 Å². The lowest BCUT2D eigenvalue weighted by Gasteiger charge is -2.30. The average Bonchev–Trinajstić information content (AvgIpc) is 2.90. The third-order valence-electron chi connectivity index (χ3n) is 5.98. The second kappa shape index (κ2) is 10.8. The van der Waals surface area contributed by atoms with Crippen LogP contribution in [0.1, 0.15) is 41.4 Å². The predicted octanol–water partition coefficient (Wildman–Crippen LogP) is 4.51. The van der Waals surface area contributed by atoms with Crippen LogP contribution in [0.3, 0.4) is 0 Å². The van der Waals surface area contributed by atoms with Crippen molar-refractivity contribution < 1.29 is 19.1 Å². The molecule has 0 saturated heterocycles. The van der Waals surface area contributed by atoms with Crippen LogP contribution in [0.25, 0.3) is 0 Å². The number of carbonyl (C=O) groups is 2. The fourth-order valence-corrected chi connectivity index (χ4v) is 4.06. The van der Waals surface area contributed by atoms with Gasteiger partial charge < -0.3 is 14.8 Å². The third-order valence-corrected chi connectivity index (χ3v) is 5.98. The zero-order valence-corrected chi connectivity index (χ0v) is 20.0. The van der Waals surface area contributed by atoms with Gasteiger partial charge in [-0.3, -0.25) is 14.6 Å². The van der Waals surface area contributed by atoms with Gasteiger partial charge in [0.25, 0.3) is 5.91 Å². The van der Waals surface area contributed by atoms with Crippen molar-refractivity contribution in [2.24, 2.45) is 11.0 Å². The number of ether oxygens (including phenoxy) is 2. The smallest absolute Gasteiger partial charge is 0.274 e. The minimum absolute atomic E-state index is 0.00375. The number of amides is 2. The Labute approximate surface area is 204 Å². The van der Waals surface area contributed by atoms with Crippen LogP contribution in [0.5, 0.6) is 11.5 Å². The van der Waals surface area contributed by atoms with Crippen LogP contribution in [-0.2, 0) is 11.3 Å². The van der Waals surface area contributed by atoms with Crippen molar-refractivity contribution in [1.82, 2.24) is 9.99 Å². The van der Waals surface area contributed by atoms with E-state index >= 15 is 0 Å².